The molecule has 2 atom stereocenters. The van der Waals surface area contributed by atoms with Crippen LogP contribution in [0.2, 0.25) is 0 Å². The first-order valence-electron chi connectivity index (χ1n) is 5.06. The first kappa shape index (κ1) is 8.52. The topological polar surface area (TPSA) is 15.3 Å². The number of fused-ring (bicyclic) bond motifs is 1. The van der Waals surface area contributed by atoms with Crippen molar-refractivity contribution in [2.45, 2.75) is 26.8 Å². The molecule has 2 fully saturated rings. The van der Waals surface area contributed by atoms with Gasteiger partial charge in [-0.15, -0.1) is 0 Å². The van der Waals surface area contributed by atoms with Crippen molar-refractivity contribution >= 4 is 0 Å². The fourth-order valence-electron chi connectivity index (χ4n) is 2.60. The van der Waals surface area contributed by atoms with Crippen LogP contribution in [0.25, 0.3) is 0 Å². The van der Waals surface area contributed by atoms with Crippen LogP contribution in [0.1, 0.15) is 20.8 Å². The molecule has 0 unspecified atom stereocenters. The fraction of sp³-hybridized carbons (Fsp3) is 1.00. The van der Waals surface area contributed by atoms with Crippen LogP contribution in [0, 0.1) is 11.3 Å². The third-order valence-electron chi connectivity index (χ3n) is 3.65. The summed E-state index contributed by atoms with van der Waals surface area (Å²) in [5.74, 6) is 0.903. The normalized spacial score (nSPS) is 42.5. The minimum Gasteiger partial charge on any atom is -0.316 e. The van der Waals surface area contributed by atoms with Gasteiger partial charge in [-0.05, 0) is 31.7 Å². The highest BCUT2D eigenvalue weighted by atomic mass is 15.2. The second-order valence-corrected chi connectivity index (χ2v) is 5.01. The Morgan fingerprint density at radius 3 is 2.83 bits per heavy atom. The van der Waals surface area contributed by atoms with E-state index in [0.29, 0.717) is 5.41 Å². The van der Waals surface area contributed by atoms with Crippen LogP contribution < -0.4 is 5.32 Å². The van der Waals surface area contributed by atoms with Gasteiger partial charge in [0, 0.05) is 25.7 Å². The van der Waals surface area contributed by atoms with Crippen LogP contribution in [0.15, 0.2) is 0 Å². The first-order chi connectivity index (χ1) is 5.62. The van der Waals surface area contributed by atoms with Crippen molar-refractivity contribution in [3.63, 3.8) is 0 Å². The van der Waals surface area contributed by atoms with E-state index in [1.807, 2.05) is 0 Å². The number of rotatable bonds is 1. The largest absolute Gasteiger partial charge is 0.316 e. The van der Waals surface area contributed by atoms with E-state index in [0.717, 1.165) is 12.0 Å². The van der Waals surface area contributed by atoms with Crippen LogP contribution in [0.3, 0.4) is 0 Å². The van der Waals surface area contributed by atoms with Crippen LogP contribution >= 0.6 is 0 Å². The Balaban J connectivity index is 2.06. The Morgan fingerprint density at radius 2 is 2.25 bits per heavy atom. The standard InChI is InChI=1S/C10H20N2/c1-8(2)12-5-9-4-11-6-10(9,3)7-12/h8-9,11H,4-7H2,1-3H3/t9-,10+/m1/s1. The number of hydrogen-bond donors (Lipinski definition) is 1. The predicted octanol–water partition coefficient (Wildman–Crippen LogP) is 0.936. The second-order valence-electron chi connectivity index (χ2n) is 5.01. The van der Waals surface area contributed by atoms with E-state index in [4.69, 9.17) is 0 Å². The van der Waals surface area contributed by atoms with E-state index >= 15 is 0 Å². The predicted molar refractivity (Wildman–Crippen MR) is 51.2 cm³/mol. The van der Waals surface area contributed by atoms with Crippen molar-refractivity contribution in [1.29, 1.82) is 0 Å². The highest BCUT2D eigenvalue weighted by Gasteiger charge is 2.46. The summed E-state index contributed by atoms with van der Waals surface area (Å²) < 4.78 is 0. The number of nitrogens with one attached hydrogen (secondary N) is 1. The Morgan fingerprint density at radius 1 is 1.50 bits per heavy atom. The monoisotopic (exact) mass is 168 g/mol. The quantitative estimate of drug-likeness (QED) is 0.627. The molecule has 0 bridgehead atoms. The molecule has 2 saturated heterocycles. The molecule has 2 heteroatoms. The maximum absolute atomic E-state index is 3.50. The lowest BCUT2D eigenvalue weighted by atomic mass is 9.83. The van der Waals surface area contributed by atoms with Gasteiger partial charge in [-0.2, -0.15) is 0 Å². The molecule has 70 valence electrons. The van der Waals surface area contributed by atoms with Gasteiger partial charge < -0.3 is 5.32 Å². The molecule has 2 nitrogen and oxygen atoms in total. The molecule has 0 amide bonds. The Labute approximate surface area is 75.3 Å². The number of hydrogen-bond acceptors (Lipinski definition) is 2. The van der Waals surface area contributed by atoms with Crippen molar-refractivity contribution < 1.29 is 0 Å². The molecule has 0 aromatic carbocycles. The lowest BCUT2D eigenvalue weighted by molar-refractivity contribution is 0.235. The van der Waals surface area contributed by atoms with E-state index in [2.05, 4.69) is 31.0 Å². The molecule has 0 spiro atoms. The molecule has 2 rings (SSSR count). The molecule has 2 heterocycles. The third kappa shape index (κ3) is 1.17. The molecule has 2 aliphatic heterocycles. The van der Waals surface area contributed by atoms with Crippen LogP contribution in [0.5, 0.6) is 0 Å². The van der Waals surface area contributed by atoms with E-state index in [1.165, 1.54) is 26.2 Å². The Kier molecular flexibility index (Phi) is 1.92. The average molecular weight is 168 g/mol. The van der Waals surface area contributed by atoms with Crippen molar-refractivity contribution in [2.75, 3.05) is 26.2 Å². The van der Waals surface area contributed by atoms with Gasteiger partial charge in [0.25, 0.3) is 0 Å². The van der Waals surface area contributed by atoms with E-state index in [-0.39, 0.29) is 0 Å². The maximum atomic E-state index is 3.50. The summed E-state index contributed by atoms with van der Waals surface area (Å²) in [6.45, 7) is 12.1. The lowest BCUT2D eigenvalue weighted by Crippen LogP contribution is -2.34. The van der Waals surface area contributed by atoms with E-state index < -0.39 is 0 Å². The SMILES string of the molecule is CC(C)N1C[C@H]2CNC[C@@]2(C)C1. The minimum absolute atomic E-state index is 0.574. The van der Waals surface area contributed by atoms with Gasteiger partial charge in [0.1, 0.15) is 0 Å². The van der Waals surface area contributed by atoms with Gasteiger partial charge in [-0.3, -0.25) is 4.90 Å². The summed E-state index contributed by atoms with van der Waals surface area (Å²) in [6, 6.07) is 0.729. The van der Waals surface area contributed by atoms with Crippen molar-refractivity contribution in [1.82, 2.24) is 10.2 Å². The molecule has 0 saturated carbocycles. The molecular weight excluding hydrogens is 148 g/mol. The van der Waals surface area contributed by atoms with Crippen LogP contribution in [-0.4, -0.2) is 37.1 Å². The lowest BCUT2D eigenvalue weighted by Gasteiger charge is -2.24. The third-order valence-corrected chi connectivity index (χ3v) is 3.65. The van der Waals surface area contributed by atoms with Crippen LogP contribution in [0.4, 0.5) is 0 Å². The van der Waals surface area contributed by atoms with E-state index in [1.54, 1.807) is 0 Å². The molecule has 0 aromatic heterocycles. The summed E-state index contributed by atoms with van der Waals surface area (Å²) in [7, 11) is 0. The molecule has 0 aromatic rings. The Hall–Kier alpha value is -0.0800. The smallest absolute Gasteiger partial charge is 0.00539 e. The van der Waals surface area contributed by atoms with Gasteiger partial charge in [0.2, 0.25) is 0 Å². The summed E-state index contributed by atoms with van der Waals surface area (Å²) >= 11 is 0. The van der Waals surface area contributed by atoms with Gasteiger partial charge >= 0.3 is 0 Å². The molecule has 12 heavy (non-hydrogen) atoms. The molecular formula is C10H20N2. The average Bonchev–Trinajstić information content (AvgIpc) is 2.41. The second kappa shape index (κ2) is 2.71. The molecule has 2 aliphatic rings. The Bertz CT molecular complexity index is 179. The highest BCUT2D eigenvalue weighted by Crippen LogP contribution is 2.38. The summed E-state index contributed by atoms with van der Waals surface area (Å²) in [5.41, 5.74) is 0.574. The molecule has 0 aliphatic carbocycles. The first-order valence-corrected chi connectivity index (χ1v) is 5.06. The zero-order valence-corrected chi connectivity index (χ0v) is 8.43. The van der Waals surface area contributed by atoms with Gasteiger partial charge in [-0.1, -0.05) is 6.92 Å². The summed E-state index contributed by atoms with van der Waals surface area (Å²) in [6.07, 6.45) is 0. The molecule has 0 radical (unpaired) electrons. The van der Waals surface area contributed by atoms with Crippen molar-refractivity contribution in [3.05, 3.63) is 0 Å². The van der Waals surface area contributed by atoms with Gasteiger partial charge in [0.15, 0.2) is 0 Å². The summed E-state index contributed by atoms with van der Waals surface area (Å²) in [5, 5.41) is 3.50. The zero-order chi connectivity index (χ0) is 8.77. The van der Waals surface area contributed by atoms with Gasteiger partial charge in [0.05, 0.1) is 0 Å². The van der Waals surface area contributed by atoms with Crippen LogP contribution in [-0.2, 0) is 0 Å². The van der Waals surface area contributed by atoms with E-state index in [9.17, 15) is 0 Å². The van der Waals surface area contributed by atoms with Crippen molar-refractivity contribution in [2.24, 2.45) is 11.3 Å². The molecule has 1 N–H and O–H groups in total. The fourth-order valence-corrected chi connectivity index (χ4v) is 2.60. The minimum atomic E-state index is 0.574. The highest BCUT2D eigenvalue weighted by molar-refractivity contribution is 5.00. The zero-order valence-electron chi connectivity index (χ0n) is 8.43. The summed E-state index contributed by atoms with van der Waals surface area (Å²) in [4.78, 5) is 2.62. The number of likely N-dealkylation sites (tertiary alicyclic amines) is 1. The van der Waals surface area contributed by atoms with Crippen molar-refractivity contribution in [3.8, 4) is 0 Å². The number of nitrogens with zero attached hydrogens (tertiary/aromatic N) is 1. The van der Waals surface area contributed by atoms with Gasteiger partial charge in [-0.25, -0.2) is 0 Å². The maximum Gasteiger partial charge on any atom is 0.00539 e.